The Kier molecular flexibility index (Phi) is 5.80. The lowest BCUT2D eigenvalue weighted by molar-refractivity contribution is 0.0939. The van der Waals surface area contributed by atoms with Crippen molar-refractivity contribution >= 4 is 21.6 Å². The highest BCUT2D eigenvalue weighted by Crippen LogP contribution is 2.19. The molecule has 1 atom stereocenters. The van der Waals surface area contributed by atoms with Gasteiger partial charge in [0.2, 0.25) is 0 Å². The quantitative estimate of drug-likeness (QED) is 0.655. The van der Waals surface area contributed by atoms with Crippen molar-refractivity contribution in [1.29, 1.82) is 0 Å². The monoisotopic (exact) mass is 394 g/mol. The van der Waals surface area contributed by atoms with Crippen LogP contribution in [-0.4, -0.2) is 14.3 Å². The molecule has 0 aliphatic heterocycles. The van der Waals surface area contributed by atoms with Crippen molar-refractivity contribution in [3.8, 4) is 0 Å². The summed E-state index contributed by atoms with van der Waals surface area (Å²) in [4.78, 5) is 12.6. The number of rotatable bonds is 6. The molecule has 28 heavy (non-hydrogen) atoms. The number of amides is 1. The van der Waals surface area contributed by atoms with Gasteiger partial charge in [-0.2, -0.15) is 0 Å². The third-order valence-electron chi connectivity index (χ3n) is 4.36. The Balaban J connectivity index is 1.77. The predicted molar refractivity (Wildman–Crippen MR) is 111 cm³/mol. The van der Waals surface area contributed by atoms with E-state index in [0.29, 0.717) is 5.69 Å². The SMILES string of the molecule is Cc1ccc(NS(=O)(=O)c2cccc(C(=O)N[C@H](C)c3ccccc3)c2)cc1. The van der Waals surface area contributed by atoms with Crippen molar-refractivity contribution in [2.24, 2.45) is 0 Å². The van der Waals surface area contributed by atoms with E-state index in [9.17, 15) is 13.2 Å². The summed E-state index contributed by atoms with van der Waals surface area (Å²) in [5, 5.41) is 2.89. The van der Waals surface area contributed by atoms with E-state index < -0.39 is 10.0 Å². The van der Waals surface area contributed by atoms with Crippen molar-refractivity contribution < 1.29 is 13.2 Å². The second-order valence-electron chi connectivity index (χ2n) is 6.61. The summed E-state index contributed by atoms with van der Waals surface area (Å²) < 4.78 is 27.9. The second-order valence-corrected chi connectivity index (χ2v) is 8.29. The van der Waals surface area contributed by atoms with E-state index in [1.807, 2.05) is 56.3 Å². The van der Waals surface area contributed by atoms with E-state index in [2.05, 4.69) is 10.0 Å². The fraction of sp³-hybridized carbons (Fsp3) is 0.136. The third-order valence-corrected chi connectivity index (χ3v) is 5.74. The highest BCUT2D eigenvalue weighted by Gasteiger charge is 2.17. The van der Waals surface area contributed by atoms with Gasteiger partial charge in [-0.1, -0.05) is 54.1 Å². The summed E-state index contributed by atoms with van der Waals surface area (Å²) in [7, 11) is -3.79. The summed E-state index contributed by atoms with van der Waals surface area (Å²) in [5.41, 5.74) is 2.77. The Morgan fingerprint density at radius 2 is 1.57 bits per heavy atom. The van der Waals surface area contributed by atoms with Gasteiger partial charge in [-0.05, 0) is 49.7 Å². The van der Waals surface area contributed by atoms with Gasteiger partial charge in [0.1, 0.15) is 0 Å². The van der Waals surface area contributed by atoms with Crippen molar-refractivity contribution in [1.82, 2.24) is 5.32 Å². The van der Waals surface area contributed by atoms with Gasteiger partial charge in [-0.15, -0.1) is 0 Å². The van der Waals surface area contributed by atoms with Crippen LogP contribution in [0, 0.1) is 6.92 Å². The number of aryl methyl sites for hydroxylation is 1. The smallest absolute Gasteiger partial charge is 0.261 e. The van der Waals surface area contributed by atoms with Gasteiger partial charge in [0.25, 0.3) is 15.9 Å². The molecule has 3 aromatic rings. The zero-order valence-corrected chi connectivity index (χ0v) is 16.5. The van der Waals surface area contributed by atoms with Crippen LogP contribution in [0.2, 0.25) is 0 Å². The summed E-state index contributed by atoms with van der Waals surface area (Å²) >= 11 is 0. The normalized spacial score (nSPS) is 12.2. The molecule has 0 bridgehead atoms. The summed E-state index contributed by atoms with van der Waals surface area (Å²) in [6.07, 6.45) is 0. The van der Waals surface area contributed by atoms with E-state index in [4.69, 9.17) is 0 Å². The molecular weight excluding hydrogens is 372 g/mol. The zero-order valence-electron chi connectivity index (χ0n) is 15.7. The lowest BCUT2D eigenvalue weighted by Crippen LogP contribution is -2.26. The molecule has 2 N–H and O–H groups in total. The maximum Gasteiger partial charge on any atom is 0.261 e. The molecular formula is C22H22N2O3S. The average Bonchev–Trinajstić information content (AvgIpc) is 2.70. The van der Waals surface area contributed by atoms with Crippen LogP contribution in [0.4, 0.5) is 5.69 Å². The molecule has 144 valence electrons. The maximum atomic E-state index is 12.7. The minimum Gasteiger partial charge on any atom is -0.346 e. The molecule has 3 aromatic carbocycles. The fourth-order valence-corrected chi connectivity index (χ4v) is 3.85. The van der Waals surface area contributed by atoms with Crippen LogP contribution in [0.1, 0.15) is 34.5 Å². The van der Waals surface area contributed by atoms with Gasteiger partial charge in [0.05, 0.1) is 10.9 Å². The van der Waals surface area contributed by atoms with E-state index in [1.165, 1.54) is 12.1 Å². The first kappa shape index (κ1) is 19.6. The van der Waals surface area contributed by atoms with Crippen molar-refractivity contribution in [2.75, 3.05) is 4.72 Å². The molecule has 0 radical (unpaired) electrons. The van der Waals surface area contributed by atoms with Gasteiger partial charge in [-0.25, -0.2) is 8.42 Å². The largest absolute Gasteiger partial charge is 0.346 e. The van der Waals surface area contributed by atoms with Crippen LogP contribution >= 0.6 is 0 Å². The van der Waals surface area contributed by atoms with Crippen molar-refractivity contribution in [3.05, 3.63) is 95.6 Å². The molecule has 3 rings (SSSR count). The third kappa shape index (κ3) is 4.78. The highest BCUT2D eigenvalue weighted by molar-refractivity contribution is 7.92. The summed E-state index contributed by atoms with van der Waals surface area (Å²) in [6.45, 7) is 3.81. The van der Waals surface area contributed by atoms with Gasteiger partial charge >= 0.3 is 0 Å². The van der Waals surface area contributed by atoms with Crippen molar-refractivity contribution in [3.63, 3.8) is 0 Å². The Morgan fingerprint density at radius 3 is 2.25 bits per heavy atom. The molecule has 0 aliphatic carbocycles. The minimum absolute atomic E-state index is 0.0353. The molecule has 0 saturated carbocycles. The van der Waals surface area contributed by atoms with Crippen LogP contribution in [0.15, 0.2) is 83.8 Å². The van der Waals surface area contributed by atoms with E-state index in [0.717, 1.165) is 11.1 Å². The highest BCUT2D eigenvalue weighted by atomic mass is 32.2. The molecule has 0 saturated heterocycles. The van der Waals surface area contributed by atoms with Crippen molar-refractivity contribution in [2.45, 2.75) is 24.8 Å². The van der Waals surface area contributed by atoms with Crippen LogP contribution in [0.3, 0.4) is 0 Å². The molecule has 6 heteroatoms. The number of carbonyl (C=O) groups excluding carboxylic acids is 1. The number of carbonyl (C=O) groups is 1. The Morgan fingerprint density at radius 1 is 0.893 bits per heavy atom. The molecule has 0 fully saturated rings. The Hall–Kier alpha value is -3.12. The molecule has 0 aromatic heterocycles. The number of anilines is 1. The average molecular weight is 394 g/mol. The first-order chi connectivity index (χ1) is 13.3. The molecule has 1 amide bonds. The molecule has 0 spiro atoms. The molecule has 5 nitrogen and oxygen atoms in total. The van der Waals surface area contributed by atoms with Gasteiger partial charge < -0.3 is 5.32 Å². The first-order valence-corrected chi connectivity index (χ1v) is 10.4. The van der Waals surface area contributed by atoms with Gasteiger partial charge in [0.15, 0.2) is 0 Å². The predicted octanol–water partition coefficient (Wildman–Crippen LogP) is 4.29. The lowest BCUT2D eigenvalue weighted by atomic mass is 10.1. The first-order valence-electron chi connectivity index (χ1n) is 8.90. The fourth-order valence-electron chi connectivity index (χ4n) is 2.75. The van der Waals surface area contributed by atoms with Gasteiger partial charge in [0, 0.05) is 11.3 Å². The van der Waals surface area contributed by atoms with Crippen LogP contribution < -0.4 is 10.0 Å². The topological polar surface area (TPSA) is 75.3 Å². The number of sulfonamides is 1. The van der Waals surface area contributed by atoms with Crippen LogP contribution in [0.5, 0.6) is 0 Å². The molecule has 0 heterocycles. The zero-order chi connectivity index (χ0) is 20.1. The van der Waals surface area contributed by atoms with Crippen LogP contribution in [0.25, 0.3) is 0 Å². The van der Waals surface area contributed by atoms with Crippen LogP contribution in [-0.2, 0) is 10.0 Å². The Bertz CT molecular complexity index is 1060. The van der Waals surface area contributed by atoms with E-state index >= 15 is 0 Å². The standard InChI is InChI=1S/C22H22N2O3S/c1-16-11-13-20(14-12-16)24-28(26,27)21-10-6-9-19(15-21)22(25)23-17(2)18-7-4-3-5-8-18/h3-15,17,24H,1-2H3,(H,23,25)/t17-/m1/s1. The number of hydrogen-bond donors (Lipinski definition) is 2. The number of nitrogens with one attached hydrogen (secondary N) is 2. The summed E-state index contributed by atoms with van der Waals surface area (Å²) in [5.74, 6) is -0.330. The molecule has 0 unspecified atom stereocenters. The Labute approximate surface area is 165 Å². The van der Waals surface area contributed by atoms with E-state index in [-0.39, 0.29) is 22.4 Å². The second kappa shape index (κ2) is 8.27. The number of hydrogen-bond acceptors (Lipinski definition) is 3. The van der Waals surface area contributed by atoms with E-state index in [1.54, 1.807) is 24.3 Å². The maximum absolute atomic E-state index is 12.7. The summed E-state index contributed by atoms with van der Waals surface area (Å²) in [6, 6.07) is 22.4. The lowest BCUT2D eigenvalue weighted by Gasteiger charge is -2.15. The minimum atomic E-state index is -3.79. The van der Waals surface area contributed by atoms with Gasteiger partial charge in [-0.3, -0.25) is 9.52 Å². The number of benzene rings is 3. The molecule has 0 aliphatic rings.